The summed E-state index contributed by atoms with van der Waals surface area (Å²) in [4.78, 5) is 26.0. The third-order valence-electron chi connectivity index (χ3n) is 3.82. The molecule has 0 spiro atoms. The minimum atomic E-state index is -1.01. The lowest BCUT2D eigenvalue weighted by atomic mass is 9.94. The van der Waals surface area contributed by atoms with E-state index in [-0.39, 0.29) is 25.2 Å². The number of hydrogen-bond donors (Lipinski definition) is 2. The van der Waals surface area contributed by atoms with Gasteiger partial charge in [-0.2, -0.15) is 0 Å². The van der Waals surface area contributed by atoms with Gasteiger partial charge in [-0.15, -0.1) is 0 Å². The molecule has 0 aromatic carbocycles. The summed E-state index contributed by atoms with van der Waals surface area (Å²) >= 11 is 0. The number of aliphatic hydroxyl groups is 1. The van der Waals surface area contributed by atoms with Gasteiger partial charge in [-0.05, 0) is 12.8 Å². The van der Waals surface area contributed by atoms with Gasteiger partial charge in [0, 0.05) is 39.1 Å². The van der Waals surface area contributed by atoms with Crippen LogP contribution in [0.5, 0.6) is 0 Å². The Balaban J connectivity index is 1.93. The monoisotopic (exact) mass is 286 g/mol. The standard InChI is InChI=1S/C13H22N2O5/c1-14(9-13(19)4-6-20-7-5-13)12(18)15(8-11(16)17)10-2-3-10/h10,19H,2-9H2,1H3,(H,16,17). The molecule has 2 amide bonds. The number of amides is 2. The van der Waals surface area contributed by atoms with E-state index in [1.807, 2.05) is 0 Å². The average molecular weight is 286 g/mol. The van der Waals surface area contributed by atoms with Crippen LogP contribution in [0.15, 0.2) is 0 Å². The van der Waals surface area contributed by atoms with E-state index >= 15 is 0 Å². The van der Waals surface area contributed by atoms with Crippen molar-refractivity contribution in [2.24, 2.45) is 0 Å². The molecule has 0 aromatic heterocycles. The average Bonchev–Trinajstić information content (AvgIpc) is 3.19. The largest absolute Gasteiger partial charge is 0.480 e. The third kappa shape index (κ3) is 3.83. The summed E-state index contributed by atoms with van der Waals surface area (Å²) in [5, 5.41) is 19.3. The Morgan fingerprint density at radius 2 is 1.90 bits per heavy atom. The second-order valence-corrected chi connectivity index (χ2v) is 5.73. The van der Waals surface area contributed by atoms with E-state index in [1.165, 1.54) is 9.80 Å². The molecule has 0 bridgehead atoms. The van der Waals surface area contributed by atoms with Gasteiger partial charge in [0.1, 0.15) is 6.54 Å². The first-order valence-electron chi connectivity index (χ1n) is 6.95. The van der Waals surface area contributed by atoms with Gasteiger partial charge in [-0.3, -0.25) is 4.79 Å². The van der Waals surface area contributed by atoms with Crippen LogP contribution in [0.3, 0.4) is 0 Å². The van der Waals surface area contributed by atoms with Gasteiger partial charge >= 0.3 is 12.0 Å². The third-order valence-corrected chi connectivity index (χ3v) is 3.82. The van der Waals surface area contributed by atoms with E-state index in [9.17, 15) is 14.7 Å². The number of likely N-dealkylation sites (N-methyl/N-ethyl adjacent to an activating group) is 1. The molecule has 7 nitrogen and oxygen atoms in total. The van der Waals surface area contributed by atoms with Crippen molar-refractivity contribution < 1.29 is 24.5 Å². The van der Waals surface area contributed by atoms with Gasteiger partial charge in [0.15, 0.2) is 0 Å². The van der Waals surface area contributed by atoms with Gasteiger partial charge in [0.05, 0.1) is 12.1 Å². The summed E-state index contributed by atoms with van der Waals surface area (Å²) in [5.74, 6) is -1.01. The van der Waals surface area contributed by atoms with E-state index < -0.39 is 11.6 Å². The Kier molecular flexibility index (Phi) is 4.49. The molecule has 0 aromatic rings. The fourth-order valence-electron chi connectivity index (χ4n) is 2.52. The number of carboxylic acids is 1. The molecule has 1 aliphatic heterocycles. The number of carbonyl (C=O) groups excluding carboxylic acids is 1. The quantitative estimate of drug-likeness (QED) is 0.749. The number of ether oxygens (including phenoxy) is 1. The molecule has 7 heteroatoms. The lowest BCUT2D eigenvalue weighted by molar-refractivity contribution is -0.137. The Morgan fingerprint density at radius 1 is 1.30 bits per heavy atom. The van der Waals surface area contributed by atoms with Gasteiger partial charge in [0.2, 0.25) is 0 Å². The second kappa shape index (κ2) is 5.97. The Hall–Kier alpha value is -1.34. The first-order chi connectivity index (χ1) is 9.41. The number of rotatable bonds is 5. The van der Waals surface area contributed by atoms with Crippen LogP contribution in [-0.2, 0) is 9.53 Å². The molecule has 2 fully saturated rings. The predicted octanol–water partition coefficient (Wildman–Crippen LogP) is 0.129. The Morgan fingerprint density at radius 3 is 2.40 bits per heavy atom. The van der Waals surface area contributed by atoms with Crippen molar-refractivity contribution in [1.29, 1.82) is 0 Å². The normalized spacial score (nSPS) is 21.3. The summed E-state index contributed by atoms with van der Waals surface area (Å²) < 4.78 is 5.20. The van der Waals surface area contributed by atoms with Crippen molar-refractivity contribution in [3.05, 3.63) is 0 Å². The van der Waals surface area contributed by atoms with Crippen LogP contribution >= 0.6 is 0 Å². The van der Waals surface area contributed by atoms with Gasteiger partial charge in [-0.25, -0.2) is 4.79 Å². The summed E-state index contributed by atoms with van der Waals surface area (Å²) in [7, 11) is 1.60. The molecule has 0 unspecified atom stereocenters. The summed E-state index contributed by atoms with van der Waals surface area (Å²) in [5.41, 5.74) is -0.929. The van der Waals surface area contributed by atoms with E-state index in [0.29, 0.717) is 26.1 Å². The Labute approximate surface area is 118 Å². The summed E-state index contributed by atoms with van der Waals surface area (Å²) in [6.45, 7) is 0.896. The van der Waals surface area contributed by atoms with Crippen molar-refractivity contribution in [3.8, 4) is 0 Å². The molecule has 2 rings (SSSR count). The maximum atomic E-state index is 12.3. The number of carboxylic acid groups (broad SMARTS) is 1. The highest BCUT2D eigenvalue weighted by Gasteiger charge is 2.38. The van der Waals surface area contributed by atoms with Gasteiger partial charge < -0.3 is 24.7 Å². The van der Waals surface area contributed by atoms with Crippen LogP contribution in [0.1, 0.15) is 25.7 Å². The summed E-state index contributed by atoms with van der Waals surface area (Å²) in [6.07, 6.45) is 2.69. The van der Waals surface area contributed by atoms with Crippen molar-refractivity contribution in [3.63, 3.8) is 0 Å². The SMILES string of the molecule is CN(CC1(O)CCOCC1)C(=O)N(CC(=O)O)C1CC1. The molecule has 2 aliphatic rings. The van der Waals surface area contributed by atoms with Crippen LogP contribution in [0.25, 0.3) is 0 Å². The highest BCUT2D eigenvalue weighted by molar-refractivity contribution is 5.80. The first kappa shape index (κ1) is 15.1. The number of aliphatic carboxylic acids is 1. The maximum absolute atomic E-state index is 12.3. The lowest BCUT2D eigenvalue weighted by Crippen LogP contribution is -2.52. The number of urea groups is 1. The molecule has 1 heterocycles. The van der Waals surface area contributed by atoms with E-state index in [2.05, 4.69) is 0 Å². The number of hydrogen-bond acceptors (Lipinski definition) is 4. The zero-order chi connectivity index (χ0) is 14.8. The van der Waals surface area contributed by atoms with Crippen molar-refractivity contribution in [2.75, 3.05) is 33.4 Å². The van der Waals surface area contributed by atoms with Crippen molar-refractivity contribution in [2.45, 2.75) is 37.3 Å². The highest BCUT2D eigenvalue weighted by atomic mass is 16.5. The summed E-state index contributed by atoms with van der Waals surface area (Å²) in [6, 6.07) is -0.291. The van der Waals surface area contributed by atoms with Crippen LogP contribution in [0.2, 0.25) is 0 Å². The van der Waals surface area contributed by atoms with Crippen molar-refractivity contribution in [1.82, 2.24) is 9.80 Å². The molecule has 1 saturated heterocycles. The van der Waals surface area contributed by atoms with Crippen LogP contribution in [0, 0.1) is 0 Å². The first-order valence-corrected chi connectivity index (χ1v) is 6.95. The molecular weight excluding hydrogens is 264 g/mol. The van der Waals surface area contributed by atoms with Crippen molar-refractivity contribution >= 4 is 12.0 Å². The van der Waals surface area contributed by atoms with Crippen LogP contribution < -0.4 is 0 Å². The maximum Gasteiger partial charge on any atom is 0.323 e. The second-order valence-electron chi connectivity index (χ2n) is 5.73. The molecule has 0 atom stereocenters. The molecule has 2 N–H and O–H groups in total. The molecule has 0 radical (unpaired) electrons. The zero-order valence-corrected chi connectivity index (χ0v) is 11.7. The Bertz CT molecular complexity index is 377. The molecular formula is C13H22N2O5. The lowest BCUT2D eigenvalue weighted by Gasteiger charge is -2.37. The fraction of sp³-hybridized carbons (Fsp3) is 0.846. The zero-order valence-electron chi connectivity index (χ0n) is 11.7. The predicted molar refractivity (Wildman–Crippen MR) is 70.4 cm³/mol. The number of nitrogens with zero attached hydrogens (tertiary/aromatic N) is 2. The minimum absolute atomic E-state index is 0.0328. The van der Waals surface area contributed by atoms with E-state index in [1.54, 1.807) is 7.05 Å². The highest BCUT2D eigenvalue weighted by Crippen LogP contribution is 2.28. The van der Waals surface area contributed by atoms with Gasteiger partial charge in [-0.1, -0.05) is 0 Å². The molecule has 1 aliphatic carbocycles. The topological polar surface area (TPSA) is 90.3 Å². The number of carbonyl (C=O) groups is 2. The van der Waals surface area contributed by atoms with E-state index in [4.69, 9.17) is 9.84 Å². The molecule has 20 heavy (non-hydrogen) atoms. The van der Waals surface area contributed by atoms with Crippen LogP contribution in [-0.4, -0.2) is 77.0 Å². The van der Waals surface area contributed by atoms with E-state index in [0.717, 1.165) is 12.8 Å². The van der Waals surface area contributed by atoms with Crippen LogP contribution in [0.4, 0.5) is 4.79 Å². The smallest absolute Gasteiger partial charge is 0.323 e. The van der Waals surface area contributed by atoms with Gasteiger partial charge in [0.25, 0.3) is 0 Å². The molecule has 114 valence electrons. The minimum Gasteiger partial charge on any atom is -0.480 e. The molecule has 1 saturated carbocycles. The fourth-order valence-corrected chi connectivity index (χ4v) is 2.52.